The van der Waals surface area contributed by atoms with E-state index in [1.165, 1.54) is 35.9 Å². The Kier molecular flexibility index (Phi) is 7.28. The first-order chi connectivity index (χ1) is 16.7. The molecular weight excluding hydrogens is 464 g/mol. The maximum absolute atomic E-state index is 12.9. The molecule has 3 heterocycles. The number of fused-ring (bicyclic) bond motifs is 1. The number of likely N-dealkylation sites (tertiary alicyclic amines) is 1. The summed E-state index contributed by atoms with van der Waals surface area (Å²) >= 11 is 2.95. The van der Waals surface area contributed by atoms with Crippen molar-refractivity contribution >= 4 is 34.0 Å². The van der Waals surface area contributed by atoms with E-state index in [0.29, 0.717) is 15.7 Å². The Morgan fingerprint density at radius 1 is 1.09 bits per heavy atom. The van der Waals surface area contributed by atoms with Gasteiger partial charge >= 0.3 is 0 Å². The molecule has 176 valence electrons. The summed E-state index contributed by atoms with van der Waals surface area (Å²) in [4.78, 5) is 16.5. The zero-order valence-electron chi connectivity index (χ0n) is 19.1. The minimum atomic E-state index is -0.124. The number of benzene rings is 1. The van der Waals surface area contributed by atoms with Crippen molar-refractivity contribution in [2.75, 3.05) is 24.2 Å². The minimum absolute atomic E-state index is 0.124. The second-order valence-corrected chi connectivity index (χ2v) is 10.8. The zero-order valence-corrected chi connectivity index (χ0v) is 20.8. The number of hydrogen-bond donors (Lipinski definition) is 1. The number of thiophene rings is 1. The SMILES string of the molecule is N#Cc1c(NC(=O)CSc2nnc(CN3CCCC3)n2-c2ccccc2)sc2c1CCCCC2. The highest BCUT2D eigenvalue weighted by atomic mass is 32.2. The number of hydrogen-bond acceptors (Lipinski definition) is 7. The van der Waals surface area contributed by atoms with Crippen molar-refractivity contribution < 1.29 is 4.79 Å². The normalized spacial score (nSPS) is 16.1. The van der Waals surface area contributed by atoms with Crippen molar-refractivity contribution in [3.8, 4) is 11.8 Å². The zero-order chi connectivity index (χ0) is 23.3. The Morgan fingerprint density at radius 3 is 2.68 bits per heavy atom. The summed E-state index contributed by atoms with van der Waals surface area (Å²) in [5.41, 5.74) is 2.79. The van der Waals surface area contributed by atoms with Gasteiger partial charge in [0.2, 0.25) is 5.91 Å². The second kappa shape index (κ2) is 10.7. The van der Waals surface area contributed by atoms with Crippen molar-refractivity contribution in [3.63, 3.8) is 0 Å². The van der Waals surface area contributed by atoms with E-state index in [9.17, 15) is 10.1 Å². The number of carbonyl (C=O) groups excluding carboxylic acids is 1. The quantitative estimate of drug-likeness (QED) is 0.377. The molecular formula is C25H28N6OS2. The molecule has 1 N–H and O–H groups in total. The summed E-state index contributed by atoms with van der Waals surface area (Å²) in [5, 5.41) is 23.0. The predicted octanol–water partition coefficient (Wildman–Crippen LogP) is 4.80. The highest BCUT2D eigenvalue weighted by Gasteiger charge is 2.23. The van der Waals surface area contributed by atoms with Gasteiger partial charge in [-0.1, -0.05) is 36.4 Å². The van der Waals surface area contributed by atoms with E-state index in [0.717, 1.165) is 62.4 Å². The number of nitriles is 1. The third-order valence-corrected chi connectivity index (χ3v) is 8.53. The van der Waals surface area contributed by atoms with Gasteiger partial charge in [0, 0.05) is 10.6 Å². The fraction of sp³-hybridized carbons (Fsp3) is 0.440. The Labute approximate surface area is 208 Å². The van der Waals surface area contributed by atoms with Crippen LogP contribution in [0, 0.1) is 11.3 Å². The highest BCUT2D eigenvalue weighted by Crippen LogP contribution is 2.37. The van der Waals surface area contributed by atoms with Gasteiger partial charge in [-0.3, -0.25) is 14.3 Å². The third kappa shape index (κ3) is 5.04. The van der Waals surface area contributed by atoms with Crippen LogP contribution in [0.15, 0.2) is 35.5 Å². The molecule has 2 aliphatic rings. The van der Waals surface area contributed by atoms with Crippen LogP contribution in [0.2, 0.25) is 0 Å². The number of carbonyl (C=O) groups is 1. The van der Waals surface area contributed by atoms with Crippen LogP contribution >= 0.6 is 23.1 Å². The number of para-hydroxylation sites is 1. The van der Waals surface area contributed by atoms with E-state index in [-0.39, 0.29) is 11.7 Å². The van der Waals surface area contributed by atoms with Gasteiger partial charge in [0.25, 0.3) is 0 Å². The monoisotopic (exact) mass is 492 g/mol. The molecule has 1 saturated heterocycles. The standard InChI is InChI=1S/C25H28N6OS2/c26-15-20-19-11-5-2-6-12-21(19)34-24(20)27-23(32)17-33-25-29-28-22(16-30-13-7-8-14-30)31(25)18-9-3-1-4-10-18/h1,3-4,9-10H,2,5-8,11-14,16-17H2,(H,27,32). The molecule has 3 aromatic rings. The lowest BCUT2D eigenvalue weighted by Gasteiger charge is -2.15. The first-order valence-electron chi connectivity index (χ1n) is 11.9. The molecule has 1 aliphatic carbocycles. The van der Waals surface area contributed by atoms with Crippen LogP contribution in [-0.4, -0.2) is 44.4 Å². The van der Waals surface area contributed by atoms with E-state index in [1.54, 1.807) is 11.3 Å². The molecule has 7 nitrogen and oxygen atoms in total. The fourth-order valence-corrected chi connectivity index (χ4v) is 6.74. The van der Waals surface area contributed by atoms with Gasteiger partial charge in [-0.2, -0.15) is 5.26 Å². The average Bonchev–Trinajstić information content (AvgIpc) is 3.54. The molecule has 1 aromatic carbocycles. The van der Waals surface area contributed by atoms with E-state index < -0.39 is 0 Å². The molecule has 1 fully saturated rings. The Morgan fingerprint density at radius 2 is 1.88 bits per heavy atom. The lowest BCUT2D eigenvalue weighted by atomic mass is 10.1. The van der Waals surface area contributed by atoms with Crippen molar-refractivity contribution in [2.24, 2.45) is 0 Å². The van der Waals surface area contributed by atoms with Crippen molar-refractivity contribution in [1.82, 2.24) is 19.7 Å². The van der Waals surface area contributed by atoms with Gasteiger partial charge < -0.3 is 5.32 Å². The van der Waals surface area contributed by atoms with E-state index in [4.69, 9.17) is 0 Å². The molecule has 0 atom stereocenters. The van der Waals surface area contributed by atoms with Crippen LogP contribution in [0.4, 0.5) is 5.00 Å². The summed E-state index contributed by atoms with van der Waals surface area (Å²) in [6.07, 6.45) is 7.83. The van der Waals surface area contributed by atoms with Gasteiger partial charge in [0.1, 0.15) is 11.1 Å². The largest absolute Gasteiger partial charge is 0.316 e. The molecule has 9 heteroatoms. The average molecular weight is 493 g/mol. The smallest absolute Gasteiger partial charge is 0.235 e. The van der Waals surface area contributed by atoms with Crippen molar-refractivity contribution in [3.05, 3.63) is 52.2 Å². The Hall–Kier alpha value is -2.67. The minimum Gasteiger partial charge on any atom is -0.316 e. The number of aromatic nitrogens is 3. The van der Waals surface area contributed by atoms with Gasteiger partial charge in [-0.15, -0.1) is 21.5 Å². The summed E-state index contributed by atoms with van der Waals surface area (Å²) in [5.74, 6) is 0.980. The lowest BCUT2D eigenvalue weighted by molar-refractivity contribution is -0.113. The fourth-order valence-electron chi connectivity index (χ4n) is 4.72. The number of rotatable bonds is 7. The van der Waals surface area contributed by atoms with Crippen LogP contribution < -0.4 is 5.32 Å². The van der Waals surface area contributed by atoms with Gasteiger partial charge in [0.05, 0.1) is 17.9 Å². The number of amides is 1. The first kappa shape index (κ1) is 23.1. The van der Waals surface area contributed by atoms with E-state index >= 15 is 0 Å². The van der Waals surface area contributed by atoms with E-state index in [1.807, 2.05) is 30.3 Å². The molecule has 34 heavy (non-hydrogen) atoms. The molecule has 5 rings (SSSR count). The molecule has 0 spiro atoms. The maximum Gasteiger partial charge on any atom is 0.235 e. The maximum atomic E-state index is 12.9. The third-order valence-electron chi connectivity index (χ3n) is 6.40. The predicted molar refractivity (Wildman–Crippen MR) is 136 cm³/mol. The van der Waals surface area contributed by atoms with Gasteiger partial charge in [-0.05, 0) is 69.3 Å². The summed E-state index contributed by atoms with van der Waals surface area (Å²) in [6, 6.07) is 12.4. The lowest BCUT2D eigenvalue weighted by Crippen LogP contribution is -2.21. The molecule has 1 aliphatic heterocycles. The summed E-state index contributed by atoms with van der Waals surface area (Å²) in [6.45, 7) is 2.91. The molecule has 2 aromatic heterocycles. The van der Waals surface area contributed by atoms with Crippen LogP contribution in [0.25, 0.3) is 5.69 Å². The van der Waals surface area contributed by atoms with Gasteiger partial charge in [-0.25, -0.2) is 0 Å². The summed E-state index contributed by atoms with van der Waals surface area (Å²) < 4.78 is 2.06. The Balaban J connectivity index is 1.31. The topological polar surface area (TPSA) is 86.8 Å². The van der Waals surface area contributed by atoms with Crippen LogP contribution in [-0.2, 0) is 24.2 Å². The first-order valence-corrected chi connectivity index (χ1v) is 13.7. The molecule has 0 unspecified atom stereocenters. The van der Waals surface area contributed by atoms with Crippen LogP contribution in [0.1, 0.15) is 53.9 Å². The number of anilines is 1. The number of aryl methyl sites for hydroxylation is 1. The summed E-state index contributed by atoms with van der Waals surface area (Å²) in [7, 11) is 0. The second-order valence-electron chi connectivity index (χ2n) is 8.77. The number of nitrogens with zero attached hydrogens (tertiary/aromatic N) is 5. The van der Waals surface area contributed by atoms with Crippen molar-refractivity contribution in [2.45, 2.75) is 56.6 Å². The highest BCUT2D eigenvalue weighted by molar-refractivity contribution is 7.99. The van der Waals surface area contributed by atoms with Crippen LogP contribution in [0.5, 0.6) is 0 Å². The van der Waals surface area contributed by atoms with E-state index in [2.05, 4.69) is 31.1 Å². The molecule has 0 radical (unpaired) electrons. The van der Waals surface area contributed by atoms with Gasteiger partial charge in [0.15, 0.2) is 11.0 Å². The molecule has 0 saturated carbocycles. The molecule has 1 amide bonds. The van der Waals surface area contributed by atoms with Crippen molar-refractivity contribution in [1.29, 1.82) is 5.26 Å². The Bertz CT molecular complexity index is 1190. The number of thioether (sulfide) groups is 1. The van der Waals surface area contributed by atoms with Crippen LogP contribution in [0.3, 0.4) is 0 Å². The number of nitrogens with one attached hydrogen (secondary N) is 1. The molecule has 0 bridgehead atoms.